The van der Waals surface area contributed by atoms with Crippen molar-refractivity contribution >= 4 is 17.5 Å². The molecule has 1 aliphatic rings. The molecular weight excluding hydrogens is 272 g/mol. The van der Waals surface area contributed by atoms with Crippen LogP contribution in [0.2, 0.25) is 0 Å². The van der Waals surface area contributed by atoms with E-state index < -0.39 is 0 Å². The SMILES string of the molecule is CC(C)[SH+]C(C)C[C@@H](C)Oc1ccc2c(c1)OCC2=O. The molecule has 3 nitrogen and oxygen atoms in total. The number of hydrogen-bond donors (Lipinski definition) is 0. The predicted molar refractivity (Wildman–Crippen MR) is 84.3 cm³/mol. The first-order valence-electron chi connectivity index (χ1n) is 7.12. The second-order valence-corrected chi connectivity index (χ2v) is 7.84. The third kappa shape index (κ3) is 3.92. The zero-order chi connectivity index (χ0) is 14.7. The highest BCUT2D eigenvalue weighted by Crippen LogP contribution is 2.30. The number of Topliss-reactive ketones (excluding diaryl/α,β-unsaturated/α-hetero) is 1. The number of ether oxygens (including phenoxy) is 2. The summed E-state index contributed by atoms with van der Waals surface area (Å²) in [6.07, 6.45) is 1.18. The summed E-state index contributed by atoms with van der Waals surface area (Å²) in [5, 5.41) is 1.31. The lowest BCUT2D eigenvalue weighted by atomic mass is 10.1. The van der Waals surface area contributed by atoms with Gasteiger partial charge in [-0.15, -0.1) is 0 Å². The third-order valence-electron chi connectivity index (χ3n) is 3.18. The average molecular weight is 295 g/mol. The van der Waals surface area contributed by atoms with E-state index in [0.29, 0.717) is 21.8 Å². The highest BCUT2D eigenvalue weighted by Gasteiger charge is 2.22. The second-order valence-electron chi connectivity index (χ2n) is 5.63. The molecule has 0 saturated carbocycles. The van der Waals surface area contributed by atoms with E-state index in [1.165, 1.54) is 11.8 Å². The first-order chi connectivity index (χ1) is 9.45. The summed E-state index contributed by atoms with van der Waals surface area (Å²) >= 11 is 1.47. The Hall–Kier alpha value is -1.16. The van der Waals surface area contributed by atoms with E-state index >= 15 is 0 Å². The fraction of sp³-hybridized carbons (Fsp3) is 0.562. The van der Waals surface area contributed by atoms with E-state index in [1.807, 2.05) is 12.1 Å². The predicted octanol–water partition coefficient (Wildman–Crippen LogP) is 3.03. The van der Waals surface area contributed by atoms with Crippen molar-refractivity contribution in [3.8, 4) is 11.5 Å². The Labute approximate surface area is 125 Å². The molecule has 0 bridgehead atoms. The Balaban J connectivity index is 1.92. The van der Waals surface area contributed by atoms with Gasteiger partial charge in [0.1, 0.15) is 28.1 Å². The Morgan fingerprint density at radius 1 is 1.30 bits per heavy atom. The minimum absolute atomic E-state index is 0.0453. The van der Waals surface area contributed by atoms with Crippen molar-refractivity contribution in [1.82, 2.24) is 0 Å². The molecule has 0 amide bonds. The molecule has 1 aromatic rings. The number of rotatable bonds is 6. The lowest BCUT2D eigenvalue weighted by molar-refractivity contribution is 0.0961. The zero-order valence-corrected chi connectivity index (χ0v) is 13.4. The van der Waals surface area contributed by atoms with Crippen molar-refractivity contribution in [1.29, 1.82) is 0 Å². The van der Waals surface area contributed by atoms with Crippen LogP contribution in [0.4, 0.5) is 0 Å². The normalized spacial score (nSPS) is 16.8. The van der Waals surface area contributed by atoms with Crippen LogP contribution >= 0.6 is 0 Å². The van der Waals surface area contributed by atoms with E-state index in [2.05, 4.69) is 27.7 Å². The molecule has 0 fully saturated rings. The number of benzene rings is 1. The van der Waals surface area contributed by atoms with Gasteiger partial charge in [-0.1, -0.05) is 0 Å². The molecule has 110 valence electrons. The van der Waals surface area contributed by atoms with Crippen LogP contribution in [-0.4, -0.2) is 29.0 Å². The Bertz CT molecular complexity index is 485. The number of hydrogen-bond acceptors (Lipinski definition) is 3. The molecule has 1 aromatic carbocycles. The van der Waals surface area contributed by atoms with Crippen LogP contribution in [0.15, 0.2) is 18.2 Å². The van der Waals surface area contributed by atoms with Gasteiger partial charge in [0.05, 0.1) is 5.56 Å². The lowest BCUT2D eigenvalue weighted by Crippen LogP contribution is -2.22. The minimum atomic E-state index is 0.0453. The molecule has 20 heavy (non-hydrogen) atoms. The molecule has 1 heterocycles. The van der Waals surface area contributed by atoms with Gasteiger partial charge in [-0.05, 0) is 51.6 Å². The first kappa shape index (κ1) is 15.2. The molecule has 1 unspecified atom stereocenters. The molecule has 0 radical (unpaired) electrons. The third-order valence-corrected chi connectivity index (χ3v) is 4.49. The molecule has 2 atom stereocenters. The smallest absolute Gasteiger partial charge is 0.203 e. The summed E-state index contributed by atoms with van der Waals surface area (Å²) in [4.78, 5) is 11.5. The molecule has 0 N–H and O–H groups in total. The van der Waals surface area contributed by atoms with Gasteiger partial charge in [0.25, 0.3) is 0 Å². The second kappa shape index (κ2) is 6.53. The van der Waals surface area contributed by atoms with Crippen molar-refractivity contribution in [3.05, 3.63) is 23.8 Å². The van der Waals surface area contributed by atoms with Crippen LogP contribution in [0.1, 0.15) is 44.5 Å². The van der Waals surface area contributed by atoms with Gasteiger partial charge in [-0.25, -0.2) is 0 Å². The van der Waals surface area contributed by atoms with Crippen LogP contribution in [0, 0.1) is 0 Å². The topological polar surface area (TPSA) is 35.5 Å². The summed E-state index contributed by atoms with van der Waals surface area (Å²) in [5.74, 6) is 1.47. The van der Waals surface area contributed by atoms with Crippen molar-refractivity contribution in [2.75, 3.05) is 6.61 Å². The van der Waals surface area contributed by atoms with Gasteiger partial charge in [-0.2, -0.15) is 0 Å². The van der Waals surface area contributed by atoms with Gasteiger partial charge >= 0.3 is 0 Å². The quantitative estimate of drug-likeness (QED) is 0.598. The van der Waals surface area contributed by atoms with Crippen LogP contribution in [-0.2, 0) is 11.8 Å². The first-order valence-corrected chi connectivity index (χ1v) is 8.15. The van der Waals surface area contributed by atoms with Gasteiger partial charge in [-0.3, -0.25) is 4.79 Å². The largest absolute Gasteiger partial charge is 0.490 e. The van der Waals surface area contributed by atoms with E-state index in [-0.39, 0.29) is 18.5 Å². The average Bonchev–Trinajstić information content (AvgIpc) is 2.69. The highest BCUT2D eigenvalue weighted by molar-refractivity contribution is 7.79. The monoisotopic (exact) mass is 295 g/mol. The summed E-state index contributed by atoms with van der Waals surface area (Å²) in [6.45, 7) is 8.97. The van der Waals surface area contributed by atoms with E-state index in [0.717, 1.165) is 12.2 Å². The highest BCUT2D eigenvalue weighted by atomic mass is 32.2. The van der Waals surface area contributed by atoms with Crippen LogP contribution in [0.3, 0.4) is 0 Å². The van der Waals surface area contributed by atoms with Crippen LogP contribution in [0.25, 0.3) is 0 Å². The maximum atomic E-state index is 11.5. The number of carbonyl (C=O) groups is 1. The fourth-order valence-electron chi connectivity index (χ4n) is 2.48. The van der Waals surface area contributed by atoms with Crippen LogP contribution < -0.4 is 9.47 Å². The Kier molecular flexibility index (Phi) is 4.97. The van der Waals surface area contributed by atoms with E-state index in [9.17, 15) is 4.79 Å². The van der Waals surface area contributed by atoms with Crippen molar-refractivity contribution in [2.45, 2.75) is 50.7 Å². The molecule has 0 aliphatic carbocycles. The molecule has 1 aliphatic heterocycles. The number of carbonyl (C=O) groups excluding carboxylic acids is 1. The van der Waals surface area contributed by atoms with E-state index in [4.69, 9.17) is 9.47 Å². The maximum Gasteiger partial charge on any atom is 0.203 e. The van der Waals surface area contributed by atoms with Gasteiger partial charge in [0, 0.05) is 12.5 Å². The van der Waals surface area contributed by atoms with Crippen molar-refractivity contribution in [2.24, 2.45) is 0 Å². The van der Waals surface area contributed by atoms with Crippen molar-refractivity contribution < 1.29 is 14.3 Å². The summed E-state index contributed by atoms with van der Waals surface area (Å²) in [6, 6.07) is 5.47. The van der Waals surface area contributed by atoms with E-state index in [1.54, 1.807) is 6.07 Å². The number of thiol groups is 1. The maximum absolute atomic E-state index is 11.5. The summed E-state index contributed by atoms with van der Waals surface area (Å²) in [7, 11) is 0. The standard InChI is InChI=1S/C16H22O3S/c1-10(2)20-12(4)7-11(3)19-13-5-6-14-15(17)9-18-16(14)8-13/h5-6,8,10-12H,7,9H2,1-4H3/p+1/t11-,12?/m1/s1. The van der Waals surface area contributed by atoms with Gasteiger partial charge < -0.3 is 9.47 Å². The summed E-state index contributed by atoms with van der Waals surface area (Å²) in [5.41, 5.74) is 0.664. The molecule has 0 saturated heterocycles. The van der Waals surface area contributed by atoms with Crippen LogP contribution in [0.5, 0.6) is 11.5 Å². The molecule has 0 spiro atoms. The van der Waals surface area contributed by atoms with Crippen molar-refractivity contribution in [3.63, 3.8) is 0 Å². The lowest BCUT2D eigenvalue weighted by Gasteiger charge is -2.16. The van der Waals surface area contributed by atoms with Gasteiger partial charge in [0.15, 0.2) is 6.61 Å². The molecule has 4 heteroatoms. The fourth-order valence-corrected chi connectivity index (χ4v) is 3.91. The number of ketones is 1. The Morgan fingerprint density at radius 2 is 2.05 bits per heavy atom. The molecular formula is C16H23O3S+. The van der Waals surface area contributed by atoms with Gasteiger partial charge in [0.2, 0.25) is 5.78 Å². The minimum Gasteiger partial charge on any atom is -0.490 e. The summed E-state index contributed by atoms with van der Waals surface area (Å²) < 4.78 is 11.3. The Morgan fingerprint density at radius 3 is 2.75 bits per heavy atom. The zero-order valence-electron chi connectivity index (χ0n) is 12.6. The molecule has 2 rings (SSSR count). The number of fused-ring (bicyclic) bond motifs is 1. The molecule has 0 aromatic heterocycles.